The summed E-state index contributed by atoms with van der Waals surface area (Å²) in [6.45, 7) is 9.82. The average molecular weight is 289 g/mol. The van der Waals surface area contributed by atoms with Crippen molar-refractivity contribution >= 4 is 17.3 Å². The van der Waals surface area contributed by atoms with Gasteiger partial charge in [-0.1, -0.05) is 6.58 Å². The first-order valence-corrected chi connectivity index (χ1v) is 7.10. The van der Waals surface area contributed by atoms with Crippen molar-refractivity contribution in [1.29, 1.82) is 0 Å². The molecule has 1 aromatic rings. The standard InChI is InChI=1S/C16H23N3O2/c1-5-15(20)18-6-7-19(12(3)10-18)16-11(2)8-13(17)9-14(16)21-4/h5,8-9,12H,1,6-7,10,17H2,2-4H3/t12-/m0/s1. The van der Waals surface area contributed by atoms with Gasteiger partial charge in [0.25, 0.3) is 0 Å². The van der Waals surface area contributed by atoms with Crippen molar-refractivity contribution < 1.29 is 9.53 Å². The van der Waals surface area contributed by atoms with E-state index in [0.717, 1.165) is 23.5 Å². The SMILES string of the molecule is C=CC(=O)N1CCN(c2c(C)cc(N)cc2OC)[C@@H](C)C1. The molecule has 1 fully saturated rings. The van der Waals surface area contributed by atoms with Crippen LogP contribution in [0.2, 0.25) is 0 Å². The first-order valence-electron chi connectivity index (χ1n) is 7.10. The minimum absolute atomic E-state index is 0.0116. The molecule has 114 valence electrons. The highest BCUT2D eigenvalue weighted by molar-refractivity contribution is 5.87. The molecule has 0 unspecified atom stereocenters. The van der Waals surface area contributed by atoms with E-state index in [4.69, 9.17) is 10.5 Å². The van der Waals surface area contributed by atoms with Gasteiger partial charge in [-0.2, -0.15) is 0 Å². The van der Waals surface area contributed by atoms with Crippen LogP contribution in [-0.4, -0.2) is 43.6 Å². The largest absolute Gasteiger partial charge is 0.494 e. The first kappa shape index (κ1) is 15.2. The Labute approximate surface area is 126 Å². The molecule has 1 heterocycles. The molecule has 21 heavy (non-hydrogen) atoms. The number of anilines is 2. The molecule has 1 aliphatic heterocycles. The van der Waals surface area contributed by atoms with E-state index in [0.29, 0.717) is 18.8 Å². The van der Waals surface area contributed by atoms with Crippen molar-refractivity contribution in [3.8, 4) is 5.75 Å². The van der Waals surface area contributed by atoms with E-state index >= 15 is 0 Å². The Bertz CT molecular complexity index is 557. The number of nitrogens with two attached hydrogens (primary N) is 1. The van der Waals surface area contributed by atoms with E-state index in [1.54, 1.807) is 7.11 Å². The van der Waals surface area contributed by atoms with Crippen LogP contribution in [0.4, 0.5) is 11.4 Å². The zero-order valence-corrected chi connectivity index (χ0v) is 12.9. The Balaban J connectivity index is 2.28. The van der Waals surface area contributed by atoms with Gasteiger partial charge in [0.2, 0.25) is 5.91 Å². The Hall–Kier alpha value is -2.17. The average Bonchev–Trinajstić information content (AvgIpc) is 2.46. The highest BCUT2D eigenvalue weighted by Crippen LogP contribution is 2.36. The number of aryl methyl sites for hydroxylation is 1. The van der Waals surface area contributed by atoms with Gasteiger partial charge in [-0.25, -0.2) is 0 Å². The highest BCUT2D eigenvalue weighted by Gasteiger charge is 2.28. The van der Waals surface area contributed by atoms with Gasteiger partial charge in [0.15, 0.2) is 0 Å². The number of piperazine rings is 1. The quantitative estimate of drug-likeness (QED) is 0.681. The fourth-order valence-corrected chi connectivity index (χ4v) is 2.92. The van der Waals surface area contributed by atoms with Gasteiger partial charge >= 0.3 is 0 Å². The maximum atomic E-state index is 11.7. The number of ether oxygens (including phenoxy) is 1. The van der Waals surface area contributed by atoms with Crippen molar-refractivity contribution in [2.75, 3.05) is 37.4 Å². The fourth-order valence-electron chi connectivity index (χ4n) is 2.92. The lowest BCUT2D eigenvalue weighted by Crippen LogP contribution is -2.53. The van der Waals surface area contributed by atoms with Gasteiger partial charge in [0.05, 0.1) is 12.8 Å². The topological polar surface area (TPSA) is 58.8 Å². The molecule has 0 saturated carbocycles. The molecule has 1 aromatic carbocycles. The summed E-state index contributed by atoms with van der Waals surface area (Å²) >= 11 is 0. The molecule has 5 nitrogen and oxygen atoms in total. The smallest absolute Gasteiger partial charge is 0.246 e. The monoisotopic (exact) mass is 289 g/mol. The second-order valence-corrected chi connectivity index (χ2v) is 5.42. The van der Waals surface area contributed by atoms with E-state index in [1.165, 1.54) is 6.08 Å². The predicted octanol–water partition coefficient (Wildman–Crippen LogP) is 1.81. The Morgan fingerprint density at radius 3 is 2.76 bits per heavy atom. The van der Waals surface area contributed by atoms with E-state index in [2.05, 4.69) is 18.4 Å². The van der Waals surface area contributed by atoms with Crippen LogP contribution in [0.25, 0.3) is 0 Å². The zero-order chi connectivity index (χ0) is 15.6. The fraction of sp³-hybridized carbons (Fsp3) is 0.438. The van der Waals surface area contributed by atoms with Gasteiger partial charge in [0.1, 0.15) is 5.75 Å². The third-order valence-corrected chi connectivity index (χ3v) is 3.91. The number of benzene rings is 1. The van der Waals surface area contributed by atoms with E-state index in [-0.39, 0.29) is 11.9 Å². The summed E-state index contributed by atoms with van der Waals surface area (Å²) in [4.78, 5) is 15.8. The third-order valence-electron chi connectivity index (χ3n) is 3.91. The Morgan fingerprint density at radius 1 is 1.48 bits per heavy atom. The van der Waals surface area contributed by atoms with E-state index in [9.17, 15) is 4.79 Å². The molecule has 0 bridgehead atoms. The number of hydrogen-bond acceptors (Lipinski definition) is 4. The van der Waals surface area contributed by atoms with Crippen LogP contribution >= 0.6 is 0 Å². The van der Waals surface area contributed by atoms with Gasteiger partial charge < -0.3 is 20.3 Å². The van der Waals surface area contributed by atoms with Crippen LogP contribution in [0.5, 0.6) is 5.75 Å². The molecule has 5 heteroatoms. The summed E-state index contributed by atoms with van der Waals surface area (Å²) in [5.41, 5.74) is 8.73. The number of rotatable bonds is 3. The maximum Gasteiger partial charge on any atom is 0.246 e. The van der Waals surface area contributed by atoms with Gasteiger partial charge in [-0.05, 0) is 31.6 Å². The molecule has 0 spiro atoms. The summed E-state index contributed by atoms with van der Waals surface area (Å²) in [5, 5.41) is 0. The van der Waals surface area contributed by atoms with Crippen LogP contribution in [0.1, 0.15) is 12.5 Å². The molecule has 1 amide bonds. The molecule has 1 saturated heterocycles. The predicted molar refractivity (Wildman–Crippen MR) is 85.7 cm³/mol. The van der Waals surface area contributed by atoms with E-state index < -0.39 is 0 Å². The molecular weight excluding hydrogens is 266 g/mol. The van der Waals surface area contributed by atoms with Gasteiger partial charge in [-0.15, -0.1) is 0 Å². The minimum Gasteiger partial charge on any atom is -0.494 e. The van der Waals surface area contributed by atoms with Crippen molar-refractivity contribution in [2.24, 2.45) is 0 Å². The lowest BCUT2D eigenvalue weighted by molar-refractivity contribution is -0.126. The molecule has 2 rings (SSSR count). The molecule has 1 atom stereocenters. The molecule has 0 aromatic heterocycles. The van der Waals surface area contributed by atoms with Crippen molar-refractivity contribution in [3.63, 3.8) is 0 Å². The molecule has 0 aliphatic carbocycles. The summed E-state index contributed by atoms with van der Waals surface area (Å²) < 4.78 is 5.49. The van der Waals surface area contributed by atoms with Crippen molar-refractivity contribution in [3.05, 3.63) is 30.4 Å². The summed E-state index contributed by atoms with van der Waals surface area (Å²) in [6.07, 6.45) is 1.37. The van der Waals surface area contributed by atoms with Gasteiger partial charge in [-0.3, -0.25) is 4.79 Å². The van der Waals surface area contributed by atoms with Gasteiger partial charge in [0, 0.05) is 37.4 Å². The van der Waals surface area contributed by atoms with Crippen molar-refractivity contribution in [1.82, 2.24) is 4.90 Å². The summed E-state index contributed by atoms with van der Waals surface area (Å²) in [5.74, 6) is 0.769. The summed E-state index contributed by atoms with van der Waals surface area (Å²) in [7, 11) is 1.65. The number of amides is 1. The number of methoxy groups -OCH3 is 1. The normalized spacial score (nSPS) is 18.5. The summed E-state index contributed by atoms with van der Waals surface area (Å²) in [6, 6.07) is 4.00. The highest BCUT2D eigenvalue weighted by atomic mass is 16.5. The number of nitrogen functional groups attached to an aromatic ring is 1. The zero-order valence-electron chi connectivity index (χ0n) is 12.9. The van der Waals surface area contributed by atoms with E-state index in [1.807, 2.05) is 24.0 Å². The Kier molecular flexibility index (Phi) is 4.40. The second-order valence-electron chi connectivity index (χ2n) is 5.42. The number of carbonyl (C=O) groups is 1. The number of carbonyl (C=O) groups excluding carboxylic acids is 1. The molecule has 2 N–H and O–H groups in total. The lowest BCUT2D eigenvalue weighted by atomic mass is 10.1. The second kappa shape index (κ2) is 6.08. The van der Waals surface area contributed by atoms with Crippen LogP contribution < -0.4 is 15.4 Å². The van der Waals surface area contributed by atoms with Crippen molar-refractivity contribution in [2.45, 2.75) is 19.9 Å². The third kappa shape index (κ3) is 2.96. The van der Waals surface area contributed by atoms with Crippen LogP contribution in [0.15, 0.2) is 24.8 Å². The minimum atomic E-state index is -0.0116. The van der Waals surface area contributed by atoms with Crippen LogP contribution in [-0.2, 0) is 4.79 Å². The number of hydrogen-bond donors (Lipinski definition) is 1. The molecule has 0 radical (unpaired) electrons. The van der Waals surface area contributed by atoms with Crippen LogP contribution in [0, 0.1) is 6.92 Å². The molecule has 1 aliphatic rings. The number of nitrogens with zero attached hydrogens (tertiary/aromatic N) is 2. The maximum absolute atomic E-state index is 11.7. The lowest BCUT2D eigenvalue weighted by Gasteiger charge is -2.42. The Morgan fingerprint density at radius 2 is 2.19 bits per heavy atom. The van der Waals surface area contributed by atoms with Crippen LogP contribution in [0.3, 0.4) is 0 Å². The first-order chi connectivity index (χ1) is 9.97. The molecular formula is C16H23N3O2.